The first-order valence-electron chi connectivity index (χ1n) is 2.70. The van der Waals surface area contributed by atoms with Gasteiger partial charge in [-0.2, -0.15) is 8.42 Å². The highest BCUT2D eigenvalue weighted by Gasteiger charge is 2.32. The van der Waals surface area contributed by atoms with Gasteiger partial charge in [-0.15, -0.1) is 3.89 Å². The molecular formula is C4H6FNO3S. The number of nitrogens with one attached hydrogen (secondary N) is 1. The van der Waals surface area contributed by atoms with Crippen LogP contribution in [0.15, 0.2) is 0 Å². The van der Waals surface area contributed by atoms with E-state index in [1.165, 1.54) is 0 Å². The molecule has 1 amide bonds. The van der Waals surface area contributed by atoms with Gasteiger partial charge >= 0.3 is 10.2 Å². The molecule has 58 valence electrons. The summed E-state index contributed by atoms with van der Waals surface area (Å²) in [5.74, 6) is -0.411. The second-order valence-corrected chi connectivity index (χ2v) is 3.72. The van der Waals surface area contributed by atoms with Crippen LogP contribution in [0.2, 0.25) is 0 Å². The molecule has 1 aliphatic heterocycles. The first kappa shape index (κ1) is 7.46. The minimum absolute atomic E-state index is 0.0995. The zero-order chi connectivity index (χ0) is 7.78. The van der Waals surface area contributed by atoms with E-state index >= 15 is 0 Å². The Hall–Kier alpha value is -0.650. The first-order valence-corrected chi connectivity index (χ1v) is 4.15. The van der Waals surface area contributed by atoms with E-state index in [1.807, 2.05) is 0 Å². The van der Waals surface area contributed by atoms with Crippen molar-refractivity contribution < 1.29 is 17.1 Å². The van der Waals surface area contributed by atoms with Crippen LogP contribution in [0, 0.1) is 0 Å². The summed E-state index contributed by atoms with van der Waals surface area (Å²) < 4.78 is 32.3. The fourth-order valence-corrected chi connectivity index (χ4v) is 1.41. The maximum absolute atomic E-state index is 12.0. The summed E-state index contributed by atoms with van der Waals surface area (Å²) in [4.78, 5) is 10.4. The van der Waals surface area contributed by atoms with Gasteiger partial charge in [-0.1, -0.05) is 0 Å². The fraction of sp³-hybridized carbons (Fsp3) is 0.750. The molecule has 1 fully saturated rings. The molecule has 0 aromatic heterocycles. The van der Waals surface area contributed by atoms with Gasteiger partial charge in [0.1, 0.15) is 5.25 Å². The molecular weight excluding hydrogens is 161 g/mol. The third-order valence-corrected chi connectivity index (χ3v) is 2.47. The predicted octanol–water partition coefficient (Wildman–Crippen LogP) is -0.826. The van der Waals surface area contributed by atoms with E-state index in [-0.39, 0.29) is 13.0 Å². The Kier molecular flexibility index (Phi) is 1.63. The number of hydrogen-bond donors (Lipinski definition) is 1. The summed E-state index contributed by atoms with van der Waals surface area (Å²) in [6.45, 7) is -0.0995. The third kappa shape index (κ3) is 1.44. The third-order valence-electron chi connectivity index (χ3n) is 1.34. The molecule has 0 aliphatic carbocycles. The molecule has 0 radical (unpaired) electrons. The quantitative estimate of drug-likeness (QED) is 0.519. The average molecular weight is 167 g/mol. The number of hydrogen-bond acceptors (Lipinski definition) is 3. The largest absolute Gasteiger partial charge is 0.355 e. The zero-order valence-electron chi connectivity index (χ0n) is 5.00. The van der Waals surface area contributed by atoms with Crippen molar-refractivity contribution in [2.75, 3.05) is 6.54 Å². The molecule has 1 heterocycles. The second-order valence-electron chi connectivity index (χ2n) is 2.11. The summed E-state index contributed by atoms with van der Waals surface area (Å²) in [5.41, 5.74) is 0. The minimum Gasteiger partial charge on any atom is -0.355 e. The molecule has 0 saturated carbocycles. The lowest BCUT2D eigenvalue weighted by Crippen LogP contribution is -2.20. The van der Waals surface area contributed by atoms with Crippen molar-refractivity contribution in [3.63, 3.8) is 0 Å². The van der Waals surface area contributed by atoms with E-state index in [9.17, 15) is 17.1 Å². The van der Waals surface area contributed by atoms with Crippen LogP contribution in [0.1, 0.15) is 6.42 Å². The molecule has 1 saturated heterocycles. The normalized spacial score (nSPS) is 26.5. The van der Waals surface area contributed by atoms with Crippen molar-refractivity contribution in [2.24, 2.45) is 0 Å². The van der Waals surface area contributed by atoms with Crippen LogP contribution in [-0.4, -0.2) is 26.1 Å². The van der Waals surface area contributed by atoms with Gasteiger partial charge in [-0.25, -0.2) is 0 Å². The average Bonchev–Trinajstić information content (AvgIpc) is 2.11. The molecule has 1 unspecified atom stereocenters. The summed E-state index contributed by atoms with van der Waals surface area (Å²) in [7, 11) is -4.52. The Morgan fingerprint density at radius 3 is 2.40 bits per heavy atom. The Bertz CT molecular complexity index is 247. The Balaban J connectivity index is 2.71. The molecule has 1 aliphatic rings. The van der Waals surface area contributed by atoms with Crippen LogP contribution in [0.3, 0.4) is 0 Å². The lowest BCUT2D eigenvalue weighted by molar-refractivity contribution is -0.119. The van der Waals surface area contributed by atoms with E-state index < -0.39 is 21.4 Å². The highest BCUT2D eigenvalue weighted by atomic mass is 32.3. The van der Waals surface area contributed by atoms with Crippen LogP contribution in [-0.2, 0) is 15.0 Å². The number of halogens is 1. The van der Waals surface area contributed by atoms with Crippen molar-refractivity contribution in [1.82, 2.24) is 5.32 Å². The van der Waals surface area contributed by atoms with Crippen molar-refractivity contribution >= 4 is 16.1 Å². The molecule has 10 heavy (non-hydrogen) atoms. The van der Waals surface area contributed by atoms with Crippen LogP contribution in [0.5, 0.6) is 0 Å². The highest BCUT2D eigenvalue weighted by Crippen LogP contribution is 2.11. The molecule has 6 heteroatoms. The van der Waals surface area contributed by atoms with Gasteiger partial charge in [-0.05, 0) is 0 Å². The van der Waals surface area contributed by atoms with E-state index in [2.05, 4.69) is 5.32 Å². The van der Waals surface area contributed by atoms with Crippen molar-refractivity contribution in [3.8, 4) is 0 Å². The monoisotopic (exact) mass is 167 g/mol. The maximum atomic E-state index is 12.0. The summed E-state index contributed by atoms with van der Waals surface area (Å²) >= 11 is 0. The predicted molar refractivity (Wildman–Crippen MR) is 31.4 cm³/mol. The van der Waals surface area contributed by atoms with E-state index in [1.54, 1.807) is 0 Å². The number of amides is 1. The van der Waals surface area contributed by atoms with Crippen molar-refractivity contribution in [3.05, 3.63) is 0 Å². The van der Waals surface area contributed by atoms with Crippen LogP contribution < -0.4 is 5.32 Å². The van der Waals surface area contributed by atoms with Gasteiger partial charge in [-0.3, -0.25) is 4.79 Å². The summed E-state index contributed by atoms with van der Waals surface area (Å²) in [6, 6.07) is 0. The molecule has 1 rings (SSSR count). The van der Waals surface area contributed by atoms with Gasteiger partial charge in [0.05, 0.1) is 0 Å². The molecule has 4 nitrogen and oxygen atoms in total. The maximum Gasteiger partial charge on any atom is 0.307 e. The molecule has 1 N–H and O–H groups in total. The standard InChI is InChI=1S/C4H6FNO3S/c5-10(8,9)3-1-4(7)6-2-3/h3H,1-2H2,(H,6,7). The summed E-state index contributed by atoms with van der Waals surface area (Å²) in [6.07, 6.45) is -0.251. The van der Waals surface area contributed by atoms with Gasteiger partial charge in [0, 0.05) is 13.0 Å². The Labute approximate surface area is 57.6 Å². The van der Waals surface area contributed by atoms with Gasteiger partial charge in [0.15, 0.2) is 0 Å². The van der Waals surface area contributed by atoms with Crippen LogP contribution >= 0.6 is 0 Å². The Morgan fingerprint density at radius 2 is 2.20 bits per heavy atom. The SMILES string of the molecule is O=C1CC(S(=O)(=O)F)CN1. The first-order chi connectivity index (χ1) is 4.50. The van der Waals surface area contributed by atoms with E-state index in [0.717, 1.165) is 0 Å². The summed E-state index contributed by atoms with van der Waals surface area (Å²) in [5, 5.41) is 1.05. The lowest BCUT2D eigenvalue weighted by atomic mass is 10.4. The lowest BCUT2D eigenvalue weighted by Gasteiger charge is -1.96. The molecule has 0 bridgehead atoms. The van der Waals surface area contributed by atoms with E-state index in [0.29, 0.717) is 0 Å². The van der Waals surface area contributed by atoms with Gasteiger partial charge in [0.2, 0.25) is 5.91 Å². The topological polar surface area (TPSA) is 63.2 Å². The highest BCUT2D eigenvalue weighted by molar-refractivity contribution is 7.87. The van der Waals surface area contributed by atoms with E-state index in [4.69, 9.17) is 0 Å². The number of carbonyl (C=O) groups is 1. The van der Waals surface area contributed by atoms with Crippen LogP contribution in [0.4, 0.5) is 3.89 Å². The van der Waals surface area contributed by atoms with Gasteiger partial charge < -0.3 is 5.32 Å². The van der Waals surface area contributed by atoms with Crippen molar-refractivity contribution in [2.45, 2.75) is 11.7 Å². The van der Waals surface area contributed by atoms with Crippen molar-refractivity contribution in [1.29, 1.82) is 0 Å². The fourth-order valence-electron chi connectivity index (χ4n) is 0.778. The molecule has 0 aromatic rings. The molecule has 0 spiro atoms. The Morgan fingerprint density at radius 1 is 1.60 bits per heavy atom. The minimum atomic E-state index is -4.52. The zero-order valence-corrected chi connectivity index (χ0v) is 5.82. The number of rotatable bonds is 1. The van der Waals surface area contributed by atoms with Crippen LogP contribution in [0.25, 0.3) is 0 Å². The smallest absolute Gasteiger partial charge is 0.307 e. The van der Waals surface area contributed by atoms with Gasteiger partial charge in [0.25, 0.3) is 0 Å². The second kappa shape index (κ2) is 2.19. The molecule has 1 atom stereocenters. The molecule has 0 aromatic carbocycles. The number of carbonyl (C=O) groups excluding carboxylic acids is 1.